The van der Waals surface area contributed by atoms with Crippen LogP contribution in [0.4, 0.5) is 0 Å². The highest BCUT2D eigenvalue weighted by atomic mass is 127. The number of hydrogen-bond acceptors (Lipinski definition) is 5. The Labute approximate surface area is 265 Å². The van der Waals surface area contributed by atoms with Gasteiger partial charge in [0.05, 0.1) is 21.3 Å². The normalized spacial score (nSPS) is 12.2. The minimum Gasteiger partial charge on any atom is -1.00 e. The van der Waals surface area contributed by atoms with Gasteiger partial charge in [-0.3, -0.25) is 0 Å². The zero-order chi connectivity index (χ0) is 28.6. The lowest BCUT2D eigenvalue weighted by Gasteiger charge is -2.20. The van der Waals surface area contributed by atoms with Crippen LogP contribution in [0.3, 0.4) is 0 Å². The fraction of sp³-hybridized carbons (Fsp3) is 0.286. The first kappa shape index (κ1) is 31.2. The first-order valence-corrected chi connectivity index (χ1v) is 14.0. The van der Waals surface area contributed by atoms with Gasteiger partial charge in [-0.05, 0) is 52.9 Å². The van der Waals surface area contributed by atoms with Crippen LogP contribution >= 0.6 is 0 Å². The van der Waals surface area contributed by atoms with Crippen molar-refractivity contribution in [3.8, 4) is 28.7 Å². The maximum atomic E-state index is 6.21. The van der Waals surface area contributed by atoms with E-state index in [1.165, 1.54) is 16.8 Å². The van der Waals surface area contributed by atoms with Gasteiger partial charge in [0.15, 0.2) is 28.7 Å². The number of likely N-dealkylation sites (N-methyl/N-ethyl adjacent to an activating group) is 1. The third-order valence-corrected chi connectivity index (χ3v) is 7.51. The Morgan fingerprint density at radius 2 is 1.21 bits per heavy atom. The highest BCUT2D eigenvalue weighted by Crippen LogP contribution is 2.40. The lowest BCUT2D eigenvalue weighted by Crippen LogP contribution is -3.00. The summed E-state index contributed by atoms with van der Waals surface area (Å²) in [6, 6.07) is 28.7. The average molecular weight is 680 g/mol. The molecule has 1 aliphatic rings. The maximum absolute atomic E-state index is 6.21. The van der Waals surface area contributed by atoms with Crippen LogP contribution in [0.15, 0.2) is 84.9 Å². The lowest BCUT2D eigenvalue weighted by molar-refractivity contribution is -0.499. The van der Waals surface area contributed by atoms with Gasteiger partial charge >= 0.3 is 0 Å². The third kappa shape index (κ3) is 7.37. The average Bonchev–Trinajstić information content (AvgIpc) is 3.02. The van der Waals surface area contributed by atoms with Crippen molar-refractivity contribution < 1.29 is 52.2 Å². The molecule has 0 atom stereocenters. The molecule has 6 nitrogen and oxygen atoms in total. The second kappa shape index (κ2) is 15.0. The number of aryl methyl sites for hydroxylation is 1. The van der Waals surface area contributed by atoms with Gasteiger partial charge < -0.3 is 47.7 Å². The monoisotopic (exact) mass is 679 g/mol. The van der Waals surface area contributed by atoms with E-state index in [0.717, 1.165) is 54.0 Å². The predicted octanol–water partition coefficient (Wildman–Crippen LogP) is 3.49. The summed E-state index contributed by atoms with van der Waals surface area (Å²) in [7, 11) is 7.16. The van der Waals surface area contributed by atoms with Gasteiger partial charge in [-0.25, -0.2) is 4.58 Å². The summed E-state index contributed by atoms with van der Waals surface area (Å²) < 4.78 is 31.9. The van der Waals surface area contributed by atoms with Gasteiger partial charge in [0, 0.05) is 18.4 Å². The molecule has 0 N–H and O–H groups in total. The zero-order valence-electron chi connectivity index (χ0n) is 24.7. The summed E-state index contributed by atoms with van der Waals surface area (Å²) in [5.41, 5.74) is 7.11. The minimum atomic E-state index is 0. The highest BCUT2D eigenvalue weighted by Gasteiger charge is 2.26. The summed E-state index contributed by atoms with van der Waals surface area (Å²) in [5, 5.41) is 0. The molecule has 0 aromatic heterocycles. The molecule has 0 saturated heterocycles. The Balaban J connectivity index is 0.00000405. The van der Waals surface area contributed by atoms with Crippen molar-refractivity contribution in [3.63, 3.8) is 0 Å². The Morgan fingerprint density at radius 1 is 0.619 bits per heavy atom. The van der Waals surface area contributed by atoms with Gasteiger partial charge in [0.2, 0.25) is 5.75 Å². The standard InChI is InChI=1S/C35H38NO5.HI/c1-36-18-17-28-21-32(40-23-25-11-7-5-8-12-25)31(37-2)22-29(28)30(36)16-15-27-19-33(38-3)35(39-4)34(20-27)41-24-26-13-9-6-10-14-26;/h5-14,19-22H,15-18,23-24H2,1-4H3;1H/q+1;/p-1. The SMILES string of the molecule is COc1cc2c(cc1OCc1ccccc1)CC[N+](C)=C2CCc1cc(OC)c(OC)c(OCc2ccccc2)c1.[I-]. The largest absolute Gasteiger partial charge is 1.00 e. The van der Waals surface area contributed by atoms with E-state index in [2.05, 4.69) is 42.0 Å². The molecule has 4 aromatic rings. The van der Waals surface area contributed by atoms with Gasteiger partial charge in [-0.1, -0.05) is 60.7 Å². The molecule has 0 unspecified atom stereocenters. The number of ether oxygens (including phenoxy) is 5. The Hall–Kier alpha value is -3.72. The topological polar surface area (TPSA) is 49.2 Å². The van der Waals surface area contributed by atoms with Gasteiger partial charge in [-0.15, -0.1) is 0 Å². The van der Waals surface area contributed by atoms with E-state index in [-0.39, 0.29) is 24.0 Å². The molecule has 4 aromatic carbocycles. The molecule has 0 saturated carbocycles. The van der Waals surface area contributed by atoms with E-state index in [1.54, 1.807) is 21.3 Å². The number of fused-ring (bicyclic) bond motifs is 1. The molecule has 1 heterocycles. The highest BCUT2D eigenvalue weighted by molar-refractivity contribution is 5.99. The lowest BCUT2D eigenvalue weighted by atomic mass is 9.92. The van der Waals surface area contributed by atoms with Crippen LogP contribution in [0.1, 0.15) is 34.2 Å². The Kier molecular flexibility index (Phi) is 11.1. The van der Waals surface area contributed by atoms with Gasteiger partial charge in [0.25, 0.3) is 0 Å². The molecule has 220 valence electrons. The molecule has 5 rings (SSSR count). The van der Waals surface area contributed by atoms with Crippen LogP contribution in [0, 0.1) is 0 Å². The molecular formula is C35H38INO5. The molecule has 0 spiro atoms. The fourth-order valence-corrected chi connectivity index (χ4v) is 5.27. The third-order valence-electron chi connectivity index (χ3n) is 7.51. The van der Waals surface area contributed by atoms with Crippen LogP contribution in [0.2, 0.25) is 0 Å². The molecule has 0 aliphatic carbocycles. The molecule has 0 bridgehead atoms. The van der Waals surface area contributed by atoms with Gasteiger partial charge in [-0.2, -0.15) is 0 Å². The number of hydrogen-bond donors (Lipinski definition) is 0. The molecule has 42 heavy (non-hydrogen) atoms. The maximum Gasteiger partial charge on any atom is 0.203 e. The minimum absolute atomic E-state index is 0. The van der Waals surface area contributed by atoms with E-state index in [9.17, 15) is 0 Å². The molecular weight excluding hydrogens is 641 g/mol. The summed E-state index contributed by atoms with van der Waals surface area (Å²) in [4.78, 5) is 0. The van der Waals surface area contributed by atoms with Crippen molar-refractivity contribution in [1.82, 2.24) is 0 Å². The predicted molar refractivity (Wildman–Crippen MR) is 161 cm³/mol. The Morgan fingerprint density at radius 3 is 1.81 bits per heavy atom. The number of benzene rings is 4. The van der Waals surface area contributed by atoms with Gasteiger partial charge in [0.1, 0.15) is 26.8 Å². The van der Waals surface area contributed by atoms with Crippen molar-refractivity contribution in [1.29, 1.82) is 0 Å². The van der Waals surface area contributed by atoms with Crippen molar-refractivity contribution >= 4 is 5.71 Å². The second-order valence-corrected chi connectivity index (χ2v) is 10.2. The van der Waals surface area contributed by atoms with E-state index < -0.39 is 0 Å². The first-order chi connectivity index (χ1) is 20.1. The molecule has 0 amide bonds. The van der Waals surface area contributed by atoms with E-state index in [1.807, 2.05) is 54.6 Å². The quantitative estimate of drug-likeness (QED) is 0.170. The second-order valence-electron chi connectivity index (χ2n) is 10.2. The van der Waals surface area contributed by atoms with Crippen molar-refractivity contribution in [2.75, 3.05) is 34.9 Å². The van der Waals surface area contributed by atoms with Crippen LogP contribution in [0.5, 0.6) is 28.7 Å². The van der Waals surface area contributed by atoms with Crippen LogP contribution in [-0.4, -0.2) is 45.2 Å². The van der Waals surface area contributed by atoms with Crippen molar-refractivity contribution in [2.24, 2.45) is 0 Å². The van der Waals surface area contributed by atoms with Crippen molar-refractivity contribution in [2.45, 2.75) is 32.5 Å². The number of nitrogens with zero attached hydrogens (tertiary/aromatic N) is 1. The first-order valence-electron chi connectivity index (χ1n) is 14.0. The van der Waals surface area contributed by atoms with E-state index in [4.69, 9.17) is 23.7 Å². The summed E-state index contributed by atoms with van der Waals surface area (Å²) in [6.07, 6.45) is 2.62. The summed E-state index contributed by atoms with van der Waals surface area (Å²) in [6.45, 7) is 1.90. The van der Waals surface area contributed by atoms with Crippen LogP contribution in [0.25, 0.3) is 0 Å². The molecule has 7 heteroatoms. The Bertz CT molecular complexity index is 1510. The molecule has 0 radical (unpaired) electrons. The van der Waals surface area contributed by atoms with E-state index in [0.29, 0.717) is 30.5 Å². The molecule has 1 aliphatic heterocycles. The summed E-state index contributed by atoms with van der Waals surface area (Å²) >= 11 is 0. The number of rotatable bonds is 12. The molecule has 0 fully saturated rings. The van der Waals surface area contributed by atoms with Crippen molar-refractivity contribution in [3.05, 3.63) is 113 Å². The number of halogens is 1. The van der Waals surface area contributed by atoms with E-state index >= 15 is 0 Å². The van der Waals surface area contributed by atoms with Crippen LogP contribution in [-0.2, 0) is 26.1 Å². The fourth-order valence-electron chi connectivity index (χ4n) is 5.27. The smallest absolute Gasteiger partial charge is 0.203 e. The summed E-state index contributed by atoms with van der Waals surface area (Å²) in [5.74, 6) is 3.47. The van der Waals surface area contributed by atoms with Crippen LogP contribution < -0.4 is 47.7 Å². The zero-order valence-corrected chi connectivity index (χ0v) is 26.8. The number of methoxy groups -OCH3 is 3.